The smallest absolute Gasteiger partial charge is 0.407 e. The molecule has 40 heavy (non-hydrogen) atoms. The molecule has 0 unspecified atom stereocenters. The maximum Gasteiger partial charge on any atom is 0.407 e. The third kappa shape index (κ3) is 4.27. The van der Waals surface area contributed by atoms with Crippen LogP contribution in [0.5, 0.6) is 0 Å². The van der Waals surface area contributed by atoms with E-state index >= 15 is 0 Å². The van der Waals surface area contributed by atoms with Crippen molar-refractivity contribution in [3.8, 4) is 0 Å². The molecule has 6 fully saturated rings. The first-order valence-electron chi connectivity index (χ1n) is 16.5. The molecule has 5 nitrogen and oxygen atoms in total. The van der Waals surface area contributed by atoms with Crippen LogP contribution in [0.15, 0.2) is 30.3 Å². The van der Waals surface area contributed by atoms with Gasteiger partial charge in [-0.3, -0.25) is 0 Å². The van der Waals surface area contributed by atoms with E-state index in [1.165, 1.54) is 44.9 Å². The number of hydrogen-bond donors (Lipinski definition) is 1. The van der Waals surface area contributed by atoms with Crippen LogP contribution in [-0.4, -0.2) is 30.7 Å². The van der Waals surface area contributed by atoms with E-state index in [0.29, 0.717) is 47.2 Å². The molecule has 1 N–H and O–H groups in total. The van der Waals surface area contributed by atoms with Crippen LogP contribution in [-0.2, 0) is 20.8 Å². The number of nitrogens with one attached hydrogen (secondary N) is 1. The summed E-state index contributed by atoms with van der Waals surface area (Å²) in [5.41, 5.74) is 1.85. The van der Waals surface area contributed by atoms with Gasteiger partial charge in [-0.1, -0.05) is 58.0 Å². The van der Waals surface area contributed by atoms with Crippen molar-refractivity contribution in [3.63, 3.8) is 0 Å². The van der Waals surface area contributed by atoms with Crippen molar-refractivity contribution in [2.75, 3.05) is 6.61 Å². The lowest BCUT2D eigenvalue weighted by molar-refractivity contribution is -0.273. The van der Waals surface area contributed by atoms with Crippen LogP contribution in [0.25, 0.3) is 0 Å². The molecular formula is C35H51NO4. The largest absolute Gasteiger partial charge is 0.446 e. The minimum absolute atomic E-state index is 0.0498. The Bertz CT molecular complexity index is 1080. The third-order valence-electron chi connectivity index (χ3n) is 13.4. The fraction of sp³-hybridized carbons (Fsp3) is 0.800. The Morgan fingerprint density at radius 1 is 0.950 bits per heavy atom. The molecule has 2 saturated heterocycles. The normalized spacial score (nSPS) is 49.5. The van der Waals surface area contributed by atoms with Crippen molar-refractivity contribution >= 4 is 6.09 Å². The zero-order chi connectivity index (χ0) is 27.7. The van der Waals surface area contributed by atoms with Crippen molar-refractivity contribution in [1.82, 2.24) is 5.32 Å². The quantitative estimate of drug-likeness (QED) is 0.419. The van der Waals surface area contributed by atoms with Crippen LogP contribution in [0.3, 0.4) is 0 Å². The van der Waals surface area contributed by atoms with Crippen molar-refractivity contribution in [2.24, 2.45) is 52.3 Å². The molecule has 4 saturated carbocycles. The third-order valence-corrected chi connectivity index (χ3v) is 13.4. The average molecular weight is 550 g/mol. The van der Waals surface area contributed by atoms with E-state index in [9.17, 15) is 4.79 Å². The average Bonchev–Trinajstić information content (AvgIpc) is 3.40. The van der Waals surface area contributed by atoms with E-state index in [0.717, 1.165) is 49.2 Å². The lowest BCUT2D eigenvalue weighted by Crippen LogP contribution is -2.55. The number of benzene rings is 1. The molecule has 4 aliphatic carbocycles. The molecule has 6 aliphatic rings. The van der Waals surface area contributed by atoms with Crippen molar-refractivity contribution in [2.45, 2.75) is 116 Å². The highest BCUT2D eigenvalue weighted by Crippen LogP contribution is 2.71. The number of hydrogen-bond acceptors (Lipinski definition) is 4. The molecule has 2 aliphatic heterocycles. The van der Waals surface area contributed by atoms with Gasteiger partial charge >= 0.3 is 6.09 Å². The monoisotopic (exact) mass is 549 g/mol. The summed E-state index contributed by atoms with van der Waals surface area (Å²) in [6.07, 6.45) is 12.2. The van der Waals surface area contributed by atoms with Crippen LogP contribution in [0.1, 0.15) is 97.5 Å². The van der Waals surface area contributed by atoms with Gasteiger partial charge in [-0.25, -0.2) is 4.79 Å². The number of ether oxygens (including phenoxy) is 3. The highest BCUT2D eigenvalue weighted by atomic mass is 16.7. The molecule has 0 aromatic heterocycles. The fourth-order valence-corrected chi connectivity index (χ4v) is 11.3. The van der Waals surface area contributed by atoms with Gasteiger partial charge in [-0.15, -0.1) is 0 Å². The summed E-state index contributed by atoms with van der Waals surface area (Å²) in [6, 6.07) is 10.1. The maximum atomic E-state index is 12.6. The van der Waals surface area contributed by atoms with Gasteiger partial charge in [-0.05, 0) is 110 Å². The number of carbonyl (C=O) groups is 1. The van der Waals surface area contributed by atoms with Gasteiger partial charge in [0.15, 0.2) is 5.79 Å². The lowest BCUT2D eigenvalue weighted by atomic mass is 9.44. The summed E-state index contributed by atoms with van der Waals surface area (Å²) in [5.74, 6) is 4.51. The number of rotatable bonds is 3. The topological polar surface area (TPSA) is 56.8 Å². The second-order valence-corrected chi connectivity index (χ2v) is 15.3. The van der Waals surface area contributed by atoms with Crippen molar-refractivity contribution < 1.29 is 19.0 Å². The molecule has 12 atom stereocenters. The standard InChI is InChI=1S/C35H51NO4/c1-22-12-17-35(38-21-22)23(2)31-30(40-35)19-29-27-11-10-25-18-26(39-32(37)36-20-24-8-6-5-7-9-24)13-15-33(25,3)28(27)14-16-34(29,31)4/h5-9,22-23,25-31H,10-21H2,1-4H3,(H,36,37)/t22-,23+,25-,26+,27-,28+,29+,30+,31+,33+,34+,35-/m1/s1. The highest BCUT2D eigenvalue weighted by Gasteiger charge is 2.69. The molecule has 1 aromatic carbocycles. The first kappa shape index (κ1) is 27.3. The first-order valence-corrected chi connectivity index (χ1v) is 16.5. The molecule has 2 heterocycles. The van der Waals surface area contributed by atoms with Crippen LogP contribution in [0, 0.1) is 52.3 Å². The molecule has 7 rings (SSSR count). The fourth-order valence-electron chi connectivity index (χ4n) is 11.3. The zero-order valence-corrected chi connectivity index (χ0v) is 25.2. The Kier molecular flexibility index (Phi) is 6.82. The number of amides is 1. The summed E-state index contributed by atoms with van der Waals surface area (Å²) in [6.45, 7) is 11.4. The van der Waals surface area contributed by atoms with Gasteiger partial charge in [0.2, 0.25) is 0 Å². The Balaban J connectivity index is 0.994. The summed E-state index contributed by atoms with van der Waals surface area (Å²) in [7, 11) is 0. The van der Waals surface area contributed by atoms with E-state index in [4.69, 9.17) is 14.2 Å². The Morgan fingerprint density at radius 3 is 2.52 bits per heavy atom. The summed E-state index contributed by atoms with van der Waals surface area (Å²) in [5, 5.41) is 2.97. The van der Waals surface area contributed by atoms with Gasteiger partial charge in [0.05, 0.1) is 12.7 Å². The van der Waals surface area contributed by atoms with Gasteiger partial charge in [0.25, 0.3) is 0 Å². The van der Waals surface area contributed by atoms with E-state index in [1.54, 1.807) is 0 Å². The van der Waals surface area contributed by atoms with Crippen LogP contribution in [0.2, 0.25) is 0 Å². The molecule has 1 spiro atoms. The van der Waals surface area contributed by atoms with E-state index < -0.39 is 0 Å². The molecule has 1 aromatic rings. The maximum absolute atomic E-state index is 12.6. The molecule has 0 radical (unpaired) electrons. The molecule has 1 amide bonds. The second kappa shape index (κ2) is 10.0. The van der Waals surface area contributed by atoms with Gasteiger partial charge in [-0.2, -0.15) is 0 Å². The predicted octanol–water partition coefficient (Wildman–Crippen LogP) is 7.73. The number of carbonyl (C=O) groups excluding carboxylic acids is 1. The first-order chi connectivity index (χ1) is 19.2. The molecule has 5 heteroatoms. The Morgan fingerprint density at radius 2 is 1.75 bits per heavy atom. The summed E-state index contributed by atoms with van der Waals surface area (Å²) in [4.78, 5) is 12.6. The highest BCUT2D eigenvalue weighted by molar-refractivity contribution is 5.67. The SMILES string of the molecule is C[C@@H]1CC[C@@]2(OC1)O[C@H]1C[C@H]3[C@@H]4CC[C@@H]5C[C@@H](OC(=O)NCc6ccccc6)CC[C@]5(C)[C@H]4CC[C@]3(C)[C@H]1[C@@H]2C. The number of alkyl carbamates (subject to hydrolysis) is 1. The van der Waals surface area contributed by atoms with E-state index in [1.807, 2.05) is 30.3 Å². The van der Waals surface area contributed by atoms with Gasteiger partial charge in [0, 0.05) is 18.9 Å². The molecular weight excluding hydrogens is 498 g/mol. The van der Waals surface area contributed by atoms with E-state index in [-0.39, 0.29) is 18.0 Å². The zero-order valence-electron chi connectivity index (χ0n) is 25.2. The van der Waals surface area contributed by atoms with E-state index in [2.05, 4.69) is 33.0 Å². The molecule has 220 valence electrons. The summed E-state index contributed by atoms with van der Waals surface area (Å²) >= 11 is 0. The minimum Gasteiger partial charge on any atom is -0.446 e. The number of fused-ring (bicyclic) bond motifs is 7. The molecule has 0 bridgehead atoms. The van der Waals surface area contributed by atoms with Gasteiger partial charge in [0.1, 0.15) is 6.10 Å². The lowest BCUT2D eigenvalue weighted by Gasteiger charge is -2.61. The minimum atomic E-state index is -0.317. The van der Waals surface area contributed by atoms with Crippen LogP contribution in [0.4, 0.5) is 4.79 Å². The Labute approximate surface area is 241 Å². The van der Waals surface area contributed by atoms with Crippen LogP contribution < -0.4 is 5.32 Å². The second-order valence-electron chi connectivity index (χ2n) is 15.3. The predicted molar refractivity (Wildman–Crippen MR) is 155 cm³/mol. The Hall–Kier alpha value is -1.59. The summed E-state index contributed by atoms with van der Waals surface area (Å²) < 4.78 is 19.5. The van der Waals surface area contributed by atoms with Crippen molar-refractivity contribution in [1.29, 1.82) is 0 Å². The van der Waals surface area contributed by atoms with Gasteiger partial charge < -0.3 is 19.5 Å². The van der Waals surface area contributed by atoms with Crippen LogP contribution >= 0.6 is 0 Å². The van der Waals surface area contributed by atoms with Crippen molar-refractivity contribution in [3.05, 3.63) is 35.9 Å².